The SMILES string of the molecule is CC(C)(C)N1C[C@H](C=O)[C@H](c2ccc(Cl)cc2)C1. The van der Waals surface area contributed by atoms with Crippen molar-refractivity contribution in [2.24, 2.45) is 5.92 Å². The summed E-state index contributed by atoms with van der Waals surface area (Å²) in [5.41, 5.74) is 1.32. The number of likely N-dealkylation sites (tertiary alicyclic amines) is 1. The third-order valence-corrected chi connectivity index (χ3v) is 4.04. The first-order valence-corrected chi connectivity index (χ1v) is 6.75. The molecule has 0 aromatic heterocycles. The molecule has 0 spiro atoms. The molecule has 1 fully saturated rings. The van der Waals surface area contributed by atoms with Gasteiger partial charge in [0.15, 0.2) is 0 Å². The maximum atomic E-state index is 11.3. The fourth-order valence-corrected chi connectivity index (χ4v) is 2.70. The van der Waals surface area contributed by atoms with Gasteiger partial charge in [-0.2, -0.15) is 0 Å². The second-order valence-electron chi connectivity index (χ2n) is 6.03. The van der Waals surface area contributed by atoms with Crippen molar-refractivity contribution in [2.45, 2.75) is 32.2 Å². The molecule has 0 saturated carbocycles. The van der Waals surface area contributed by atoms with Gasteiger partial charge in [-0.15, -0.1) is 0 Å². The summed E-state index contributed by atoms with van der Waals surface area (Å²) >= 11 is 5.91. The highest BCUT2D eigenvalue weighted by Crippen LogP contribution is 2.35. The van der Waals surface area contributed by atoms with Crippen molar-refractivity contribution in [3.8, 4) is 0 Å². The Morgan fingerprint density at radius 2 is 1.83 bits per heavy atom. The van der Waals surface area contributed by atoms with E-state index in [0.29, 0.717) is 5.92 Å². The summed E-state index contributed by atoms with van der Waals surface area (Å²) in [7, 11) is 0. The third-order valence-electron chi connectivity index (χ3n) is 3.79. The summed E-state index contributed by atoms with van der Waals surface area (Å²) in [6, 6.07) is 7.88. The van der Waals surface area contributed by atoms with Crippen LogP contribution in [0.2, 0.25) is 5.02 Å². The van der Waals surface area contributed by atoms with E-state index in [1.54, 1.807) is 0 Å². The van der Waals surface area contributed by atoms with Crippen molar-refractivity contribution in [1.82, 2.24) is 4.90 Å². The maximum Gasteiger partial charge on any atom is 0.125 e. The van der Waals surface area contributed by atoms with Gasteiger partial charge in [0, 0.05) is 35.5 Å². The Morgan fingerprint density at radius 3 is 2.33 bits per heavy atom. The van der Waals surface area contributed by atoms with Crippen LogP contribution in [-0.4, -0.2) is 29.8 Å². The minimum absolute atomic E-state index is 0.0883. The number of rotatable bonds is 2. The van der Waals surface area contributed by atoms with Gasteiger partial charge in [-0.05, 0) is 38.5 Å². The van der Waals surface area contributed by atoms with Gasteiger partial charge in [-0.3, -0.25) is 4.90 Å². The highest BCUT2D eigenvalue weighted by Gasteiger charge is 2.38. The molecule has 2 nitrogen and oxygen atoms in total. The van der Waals surface area contributed by atoms with E-state index < -0.39 is 0 Å². The molecule has 0 N–H and O–H groups in total. The van der Waals surface area contributed by atoms with Crippen LogP contribution in [0.3, 0.4) is 0 Å². The second-order valence-corrected chi connectivity index (χ2v) is 6.47. The zero-order valence-electron chi connectivity index (χ0n) is 11.2. The van der Waals surface area contributed by atoms with Gasteiger partial charge in [0.25, 0.3) is 0 Å². The van der Waals surface area contributed by atoms with E-state index >= 15 is 0 Å². The molecule has 1 aliphatic heterocycles. The van der Waals surface area contributed by atoms with Crippen molar-refractivity contribution < 1.29 is 4.79 Å². The Hall–Kier alpha value is -0.860. The number of aldehydes is 1. The van der Waals surface area contributed by atoms with Gasteiger partial charge < -0.3 is 4.79 Å². The highest BCUT2D eigenvalue weighted by molar-refractivity contribution is 6.30. The predicted molar refractivity (Wildman–Crippen MR) is 75.1 cm³/mol. The fourth-order valence-electron chi connectivity index (χ4n) is 2.58. The molecule has 2 rings (SSSR count). The Kier molecular flexibility index (Phi) is 3.79. The van der Waals surface area contributed by atoms with Crippen LogP contribution in [0.1, 0.15) is 32.3 Å². The van der Waals surface area contributed by atoms with Crippen molar-refractivity contribution >= 4 is 17.9 Å². The zero-order valence-corrected chi connectivity index (χ0v) is 11.9. The van der Waals surface area contributed by atoms with E-state index in [1.807, 2.05) is 24.3 Å². The average molecular weight is 266 g/mol. The molecule has 0 unspecified atom stereocenters. The molecule has 18 heavy (non-hydrogen) atoms. The van der Waals surface area contributed by atoms with Gasteiger partial charge in [0.2, 0.25) is 0 Å². The van der Waals surface area contributed by atoms with E-state index in [1.165, 1.54) is 5.56 Å². The summed E-state index contributed by atoms with van der Waals surface area (Å²) in [6.45, 7) is 8.37. The molecule has 1 heterocycles. The van der Waals surface area contributed by atoms with E-state index in [2.05, 4.69) is 25.7 Å². The van der Waals surface area contributed by atoms with Gasteiger partial charge in [-0.1, -0.05) is 23.7 Å². The van der Waals surface area contributed by atoms with Crippen LogP contribution < -0.4 is 0 Å². The number of benzene rings is 1. The topological polar surface area (TPSA) is 20.3 Å². The number of carbonyl (C=O) groups is 1. The molecule has 1 aromatic carbocycles. The van der Waals surface area contributed by atoms with Crippen molar-refractivity contribution in [3.63, 3.8) is 0 Å². The van der Waals surface area contributed by atoms with Crippen molar-refractivity contribution in [1.29, 1.82) is 0 Å². The third kappa shape index (κ3) is 2.76. The lowest BCUT2D eigenvalue weighted by atomic mass is 9.90. The molecule has 1 aromatic rings. The van der Waals surface area contributed by atoms with Gasteiger partial charge in [0.05, 0.1) is 0 Å². The lowest BCUT2D eigenvalue weighted by Gasteiger charge is -2.31. The summed E-state index contributed by atoms with van der Waals surface area (Å²) < 4.78 is 0. The van der Waals surface area contributed by atoms with Crippen LogP contribution in [0.15, 0.2) is 24.3 Å². The Morgan fingerprint density at radius 1 is 1.22 bits per heavy atom. The van der Waals surface area contributed by atoms with E-state index in [0.717, 1.165) is 24.4 Å². The molecule has 0 aliphatic carbocycles. The number of carbonyl (C=O) groups excluding carboxylic acids is 1. The molecular weight excluding hydrogens is 246 g/mol. The van der Waals surface area contributed by atoms with Gasteiger partial charge >= 0.3 is 0 Å². The summed E-state index contributed by atoms with van der Waals surface area (Å²) in [6.07, 6.45) is 1.10. The Labute approximate surface area is 114 Å². The normalized spacial score (nSPS) is 25.3. The van der Waals surface area contributed by atoms with Gasteiger partial charge in [-0.25, -0.2) is 0 Å². The molecule has 3 heteroatoms. The quantitative estimate of drug-likeness (QED) is 0.765. The number of hydrogen-bond donors (Lipinski definition) is 0. The monoisotopic (exact) mass is 265 g/mol. The molecule has 0 bridgehead atoms. The Balaban J connectivity index is 2.22. The smallest absolute Gasteiger partial charge is 0.125 e. The van der Waals surface area contributed by atoms with Crippen molar-refractivity contribution in [2.75, 3.05) is 13.1 Å². The summed E-state index contributed by atoms with van der Waals surface area (Å²) in [5, 5.41) is 0.743. The predicted octanol–water partition coefficient (Wildman–Crippen LogP) is 3.35. The largest absolute Gasteiger partial charge is 0.303 e. The molecular formula is C15H20ClNO. The molecule has 98 valence electrons. The van der Waals surface area contributed by atoms with Crippen LogP contribution in [0.25, 0.3) is 0 Å². The lowest BCUT2D eigenvalue weighted by Crippen LogP contribution is -2.39. The number of halogens is 1. The highest BCUT2D eigenvalue weighted by atomic mass is 35.5. The standard InChI is InChI=1S/C15H20ClNO/c1-15(2,3)17-8-12(10-18)14(9-17)11-4-6-13(16)7-5-11/h4-7,10,12,14H,8-9H2,1-3H3/t12-,14+/m1/s1. The summed E-state index contributed by atoms with van der Waals surface area (Å²) in [5.74, 6) is 0.379. The first-order valence-electron chi connectivity index (χ1n) is 6.37. The molecule has 0 radical (unpaired) electrons. The zero-order chi connectivity index (χ0) is 13.3. The first kappa shape index (κ1) is 13.6. The molecule has 1 aliphatic rings. The van der Waals surface area contributed by atoms with Crippen LogP contribution in [0.4, 0.5) is 0 Å². The fraction of sp³-hybridized carbons (Fsp3) is 0.533. The minimum Gasteiger partial charge on any atom is -0.303 e. The second kappa shape index (κ2) is 5.02. The van der Waals surface area contributed by atoms with Crippen molar-refractivity contribution in [3.05, 3.63) is 34.9 Å². The van der Waals surface area contributed by atoms with Crippen LogP contribution >= 0.6 is 11.6 Å². The van der Waals surface area contributed by atoms with Crippen LogP contribution in [-0.2, 0) is 4.79 Å². The summed E-state index contributed by atoms with van der Waals surface area (Å²) in [4.78, 5) is 13.7. The number of hydrogen-bond acceptors (Lipinski definition) is 2. The van der Waals surface area contributed by atoms with Crippen LogP contribution in [0.5, 0.6) is 0 Å². The molecule has 1 saturated heterocycles. The molecule has 2 atom stereocenters. The Bertz CT molecular complexity index is 421. The first-order chi connectivity index (χ1) is 8.41. The van der Waals surface area contributed by atoms with E-state index in [4.69, 9.17) is 11.6 Å². The molecule has 0 amide bonds. The minimum atomic E-state index is 0.0883. The number of nitrogens with zero attached hydrogens (tertiary/aromatic N) is 1. The lowest BCUT2D eigenvalue weighted by molar-refractivity contribution is -0.111. The maximum absolute atomic E-state index is 11.3. The van der Waals surface area contributed by atoms with E-state index in [-0.39, 0.29) is 11.5 Å². The average Bonchev–Trinajstić information content (AvgIpc) is 2.73. The van der Waals surface area contributed by atoms with E-state index in [9.17, 15) is 4.79 Å². The van der Waals surface area contributed by atoms with Gasteiger partial charge in [0.1, 0.15) is 6.29 Å². The van der Waals surface area contributed by atoms with Crippen LogP contribution in [0, 0.1) is 5.92 Å².